The molecule has 0 bridgehead atoms. The third kappa shape index (κ3) is 2.36. The Hall–Kier alpha value is -2.37. The Morgan fingerprint density at radius 3 is 2.50 bits per heavy atom. The molecule has 0 atom stereocenters. The van der Waals surface area contributed by atoms with E-state index in [4.69, 9.17) is 4.74 Å². The fourth-order valence-electron chi connectivity index (χ4n) is 2.07. The summed E-state index contributed by atoms with van der Waals surface area (Å²) in [6.07, 6.45) is 0. The second-order valence-electron chi connectivity index (χ2n) is 5.43. The quantitative estimate of drug-likeness (QED) is 0.929. The fourth-order valence-corrected chi connectivity index (χ4v) is 2.07. The zero-order valence-electron chi connectivity index (χ0n) is 11.9. The first-order chi connectivity index (χ1) is 9.36. The zero-order chi connectivity index (χ0) is 14.9. The van der Waals surface area contributed by atoms with Crippen molar-refractivity contribution in [1.29, 1.82) is 0 Å². The van der Waals surface area contributed by atoms with Crippen LogP contribution in [0.15, 0.2) is 24.3 Å². The third-order valence-corrected chi connectivity index (χ3v) is 2.90. The summed E-state index contributed by atoms with van der Waals surface area (Å²) in [6, 6.07) is 7.29. The highest BCUT2D eigenvalue weighted by atomic mass is 16.5. The number of para-hydroxylation sites is 2. The molecule has 1 N–H and O–H groups in total. The van der Waals surface area contributed by atoms with Crippen LogP contribution in [0.4, 0.5) is 0 Å². The number of hydrogen-bond donors (Lipinski definition) is 1. The maximum atomic E-state index is 11.3. The number of ether oxygens (including phenoxy) is 1. The van der Waals surface area contributed by atoms with Gasteiger partial charge in [0.2, 0.25) is 0 Å². The summed E-state index contributed by atoms with van der Waals surface area (Å²) in [5, 5.41) is 17.0. The maximum absolute atomic E-state index is 11.3. The van der Waals surface area contributed by atoms with Crippen LogP contribution in [-0.2, 0) is 5.41 Å². The van der Waals surface area contributed by atoms with Gasteiger partial charge in [0.25, 0.3) is 0 Å². The van der Waals surface area contributed by atoms with Crippen molar-refractivity contribution >= 4 is 5.97 Å². The number of aromatic nitrogens is 3. The Bertz CT molecular complexity index is 641. The Morgan fingerprint density at radius 2 is 1.95 bits per heavy atom. The summed E-state index contributed by atoms with van der Waals surface area (Å²) in [7, 11) is 1.56. The van der Waals surface area contributed by atoms with Gasteiger partial charge in [-0.15, -0.1) is 5.10 Å². The molecule has 0 spiro atoms. The highest BCUT2D eigenvalue weighted by molar-refractivity contribution is 5.87. The smallest absolute Gasteiger partial charge is 0.358 e. The van der Waals surface area contributed by atoms with Crippen LogP contribution in [0.5, 0.6) is 5.75 Å². The van der Waals surface area contributed by atoms with Crippen LogP contribution >= 0.6 is 0 Å². The lowest BCUT2D eigenvalue weighted by Crippen LogP contribution is -2.21. The number of hydrogen-bond acceptors (Lipinski definition) is 4. The second-order valence-corrected chi connectivity index (χ2v) is 5.43. The van der Waals surface area contributed by atoms with Crippen LogP contribution in [0, 0.1) is 0 Å². The van der Waals surface area contributed by atoms with Crippen molar-refractivity contribution in [3.8, 4) is 11.4 Å². The molecule has 0 aliphatic rings. The second kappa shape index (κ2) is 4.96. The van der Waals surface area contributed by atoms with Crippen molar-refractivity contribution in [3.63, 3.8) is 0 Å². The van der Waals surface area contributed by atoms with E-state index >= 15 is 0 Å². The van der Waals surface area contributed by atoms with E-state index in [1.165, 1.54) is 4.68 Å². The maximum Gasteiger partial charge on any atom is 0.358 e. The predicted molar refractivity (Wildman–Crippen MR) is 73.6 cm³/mol. The van der Waals surface area contributed by atoms with Crippen LogP contribution in [0.2, 0.25) is 0 Å². The van der Waals surface area contributed by atoms with Gasteiger partial charge < -0.3 is 9.84 Å². The highest BCUT2D eigenvalue weighted by Gasteiger charge is 2.30. The van der Waals surface area contributed by atoms with Gasteiger partial charge in [-0.25, -0.2) is 9.48 Å². The van der Waals surface area contributed by atoms with Crippen LogP contribution < -0.4 is 4.74 Å². The molecule has 20 heavy (non-hydrogen) atoms. The van der Waals surface area contributed by atoms with Gasteiger partial charge in [-0.1, -0.05) is 38.1 Å². The first kappa shape index (κ1) is 14.0. The Kier molecular flexibility index (Phi) is 3.48. The van der Waals surface area contributed by atoms with Crippen LogP contribution in [0.25, 0.3) is 5.69 Å². The molecule has 0 saturated carbocycles. The first-order valence-corrected chi connectivity index (χ1v) is 6.19. The normalized spacial score (nSPS) is 11.4. The minimum Gasteiger partial charge on any atom is -0.494 e. The molecule has 6 nitrogen and oxygen atoms in total. The lowest BCUT2D eigenvalue weighted by atomic mass is 9.90. The number of nitrogens with zero attached hydrogens (tertiary/aromatic N) is 3. The number of carboxylic acids is 1. The SMILES string of the molecule is COc1ccccc1-n1nnc(C(=O)O)c1C(C)(C)C. The topological polar surface area (TPSA) is 77.2 Å². The minimum atomic E-state index is -1.09. The van der Waals surface area contributed by atoms with Crippen LogP contribution in [0.3, 0.4) is 0 Å². The van der Waals surface area contributed by atoms with Crippen LogP contribution in [-0.4, -0.2) is 33.2 Å². The molecule has 0 fully saturated rings. The molecule has 6 heteroatoms. The third-order valence-electron chi connectivity index (χ3n) is 2.90. The van der Waals surface area contributed by atoms with Gasteiger partial charge in [-0.2, -0.15) is 0 Å². The largest absolute Gasteiger partial charge is 0.494 e. The average molecular weight is 275 g/mol. The summed E-state index contributed by atoms with van der Waals surface area (Å²) >= 11 is 0. The lowest BCUT2D eigenvalue weighted by molar-refractivity contribution is 0.0687. The van der Waals surface area contributed by atoms with Crippen molar-refractivity contribution in [2.75, 3.05) is 7.11 Å². The molecule has 1 heterocycles. The predicted octanol–water partition coefficient (Wildman–Crippen LogP) is 2.27. The fraction of sp³-hybridized carbons (Fsp3) is 0.357. The molecule has 2 aromatic rings. The molecule has 0 unspecified atom stereocenters. The van der Waals surface area contributed by atoms with E-state index in [0.717, 1.165) is 0 Å². The Labute approximate surface area is 117 Å². The molecule has 1 aromatic heterocycles. The van der Waals surface area contributed by atoms with Crippen molar-refractivity contribution < 1.29 is 14.6 Å². The standard InChI is InChI=1S/C14H17N3O3/c1-14(2,3)12-11(13(18)19)15-16-17(12)9-7-5-6-8-10(9)20-4/h5-8H,1-4H3,(H,18,19). The van der Waals surface area contributed by atoms with Gasteiger partial charge in [0.05, 0.1) is 12.8 Å². The molecular weight excluding hydrogens is 258 g/mol. The zero-order valence-corrected chi connectivity index (χ0v) is 11.9. The van der Waals surface area contributed by atoms with E-state index in [1.54, 1.807) is 13.2 Å². The van der Waals surface area contributed by atoms with Crippen molar-refractivity contribution in [2.24, 2.45) is 0 Å². The Morgan fingerprint density at radius 1 is 1.30 bits per heavy atom. The molecule has 106 valence electrons. The Balaban J connectivity index is 2.72. The number of benzene rings is 1. The first-order valence-electron chi connectivity index (χ1n) is 6.19. The van der Waals surface area contributed by atoms with Gasteiger partial charge in [0, 0.05) is 5.41 Å². The molecule has 1 aromatic carbocycles. The summed E-state index contributed by atoms with van der Waals surface area (Å²) < 4.78 is 6.83. The molecule has 2 rings (SSSR count). The van der Waals surface area contributed by atoms with Gasteiger partial charge in [-0.3, -0.25) is 0 Å². The van der Waals surface area contributed by atoms with E-state index in [0.29, 0.717) is 17.1 Å². The molecule has 0 radical (unpaired) electrons. The molecule has 0 amide bonds. The summed E-state index contributed by atoms with van der Waals surface area (Å²) in [4.78, 5) is 11.3. The molecule has 0 saturated heterocycles. The van der Waals surface area contributed by atoms with Crippen molar-refractivity contribution in [1.82, 2.24) is 15.0 Å². The summed E-state index contributed by atoms with van der Waals surface area (Å²) in [5.74, 6) is -0.476. The van der Waals surface area contributed by atoms with Crippen molar-refractivity contribution in [2.45, 2.75) is 26.2 Å². The van der Waals surface area contributed by atoms with E-state index in [1.807, 2.05) is 39.0 Å². The van der Waals surface area contributed by atoms with E-state index in [2.05, 4.69) is 10.3 Å². The summed E-state index contributed by atoms with van der Waals surface area (Å²) in [5.41, 5.74) is 0.746. The van der Waals surface area contributed by atoms with Crippen LogP contribution in [0.1, 0.15) is 37.0 Å². The van der Waals surface area contributed by atoms with E-state index < -0.39 is 11.4 Å². The van der Waals surface area contributed by atoms with Gasteiger partial charge in [0.15, 0.2) is 5.69 Å². The number of rotatable bonds is 3. The molecule has 0 aliphatic carbocycles. The van der Waals surface area contributed by atoms with Gasteiger partial charge >= 0.3 is 5.97 Å². The molecule has 0 aliphatic heterocycles. The summed E-state index contributed by atoms with van der Waals surface area (Å²) in [6.45, 7) is 5.76. The molecular formula is C14H17N3O3. The number of methoxy groups -OCH3 is 1. The number of carbonyl (C=O) groups is 1. The monoisotopic (exact) mass is 275 g/mol. The van der Waals surface area contributed by atoms with Gasteiger partial charge in [0.1, 0.15) is 11.4 Å². The number of aromatic carboxylic acids is 1. The van der Waals surface area contributed by atoms with Crippen molar-refractivity contribution in [3.05, 3.63) is 35.7 Å². The van der Waals surface area contributed by atoms with E-state index in [-0.39, 0.29) is 5.69 Å². The number of carboxylic acid groups (broad SMARTS) is 1. The van der Waals surface area contributed by atoms with Gasteiger partial charge in [-0.05, 0) is 12.1 Å². The van der Waals surface area contributed by atoms with E-state index in [9.17, 15) is 9.90 Å². The average Bonchev–Trinajstić information content (AvgIpc) is 2.83. The lowest BCUT2D eigenvalue weighted by Gasteiger charge is -2.21. The highest BCUT2D eigenvalue weighted by Crippen LogP contribution is 2.30. The minimum absolute atomic E-state index is 0.0385.